The molecule has 4 aromatic rings. The van der Waals surface area contributed by atoms with Crippen LogP contribution in [-0.2, 0) is 63.7 Å². The minimum atomic E-state index is 1.02. The molecule has 2 nitrogen and oxygen atoms in total. The van der Waals surface area contributed by atoms with Gasteiger partial charge in [-0.1, -0.05) is 100 Å². The van der Waals surface area contributed by atoms with E-state index >= 15 is 0 Å². The zero-order valence-corrected chi connectivity index (χ0v) is 38.7. The molecule has 1 aliphatic heterocycles. The molecule has 0 fully saturated rings. The molecule has 5 rings (SSSR count). The maximum absolute atomic E-state index is 12.4. The van der Waals surface area contributed by atoms with Crippen LogP contribution < -0.4 is 0 Å². The predicted molar refractivity (Wildman–Crippen MR) is 249 cm³/mol. The average Bonchev–Trinajstić information content (AvgIpc) is 3.54. The first kappa shape index (κ1) is 47.1. The summed E-state index contributed by atoms with van der Waals surface area (Å²) in [6, 6.07) is 30.9. The summed E-state index contributed by atoms with van der Waals surface area (Å²) in [5.74, 6) is 0. The molecule has 0 bridgehead atoms. The van der Waals surface area contributed by atoms with Crippen molar-refractivity contribution in [3.63, 3.8) is 0 Å². The Balaban J connectivity index is 0.000000411. The molecule has 0 spiro atoms. The third-order valence-electron chi connectivity index (χ3n) is 11.9. The number of rotatable bonds is 23. The fourth-order valence-electron chi connectivity index (χ4n) is 8.78. The second kappa shape index (κ2) is 25.8. The van der Waals surface area contributed by atoms with Gasteiger partial charge < -0.3 is 5.53 Å². The fraction of sp³-hybridized carbons (Fsp3) is 0.491. The Kier molecular flexibility index (Phi) is 21.0. The quantitative estimate of drug-likeness (QED) is 0.0405. The number of hydrogen-bond acceptors (Lipinski definition) is 0. The van der Waals surface area contributed by atoms with Gasteiger partial charge in [0.15, 0.2) is 0 Å². The van der Waals surface area contributed by atoms with Crippen LogP contribution in [0.1, 0.15) is 182 Å². The predicted octanol–water partition coefficient (Wildman–Crippen LogP) is 16.0. The van der Waals surface area contributed by atoms with Gasteiger partial charge in [0.1, 0.15) is 0 Å². The van der Waals surface area contributed by atoms with Gasteiger partial charge in [0.05, 0.1) is 0 Å². The molecule has 0 aliphatic carbocycles. The van der Waals surface area contributed by atoms with Crippen molar-refractivity contribution in [2.24, 2.45) is 0 Å². The molecule has 0 saturated heterocycles. The summed E-state index contributed by atoms with van der Waals surface area (Å²) in [5, 5.41) is 2.23. The number of benzene rings is 4. The van der Waals surface area contributed by atoms with Crippen molar-refractivity contribution < 1.29 is 19.1 Å². The first-order valence-electron chi connectivity index (χ1n) is 23.2. The number of aryl methyl sites for hydroxylation is 4. The Labute approximate surface area is 361 Å². The monoisotopic (exact) mass is 823 g/mol. The van der Waals surface area contributed by atoms with Crippen molar-refractivity contribution in [1.29, 1.82) is 0 Å². The third kappa shape index (κ3) is 13.0. The molecule has 0 amide bonds. The van der Waals surface area contributed by atoms with Crippen molar-refractivity contribution >= 4 is 11.4 Å². The van der Waals surface area contributed by atoms with E-state index in [-0.39, 0.29) is 0 Å². The Hall–Kier alpha value is -3.55. The summed E-state index contributed by atoms with van der Waals surface area (Å²) in [6.45, 7) is 18.3. The van der Waals surface area contributed by atoms with E-state index < -0.39 is 0 Å². The molecule has 316 valence electrons. The van der Waals surface area contributed by atoms with E-state index in [1.54, 1.807) is 19.1 Å². The Bertz CT molecular complexity index is 1830. The van der Waals surface area contributed by atoms with Crippen LogP contribution >= 0.6 is 0 Å². The number of unbranched alkanes of at least 4 members (excludes halogenated alkanes) is 7. The molecule has 58 heavy (non-hydrogen) atoms. The van der Waals surface area contributed by atoms with Gasteiger partial charge in [-0.3, -0.25) is 0 Å². The fourth-order valence-corrected chi connectivity index (χ4v) is 9.94. The van der Waals surface area contributed by atoms with Gasteiger partial charge in [-0.15, -0.1) is 0 Å². The van der Waals surface area contributed by atoms with Gasteiger partial charge in [0.2, 0.25) is 11.4 Å². The SMILES string of the molecule is CCCCCCCCC1=C(c2cc(CC)c(CC)c(CC)c2)[N+](=[N-])C(c2cc(CC)c(CC)c(CC)c2)=C1CCCCC.c1ccc([CH2][Ni][CH2]c2ccccc2)cc1. The number of allylic oxidation sites excluding steroid dienone is 2. The van der Waals surface area contributed by atoms with Crippen LogP contribution in [-0.4, -0.2) is 4.70 Å². The first-order valence-corrected chi connectivity index (χ1v) is 24.6. The molecule has 0 atom stereocenters. The van der Waals surface area contributed by atoms with Crippen molar-refractivity contribution in [2.75, 3.05) is 0 Å². The van der Waals surface area contributed by atoms with Gasteiger partial charge >= 0.3 is 97.0 Å². The van der Waals surface area contributed by atoms with Crippen LogP contribution in [0.25, 0.3) is 16.9 Å². The zero-order valence-electron chi connectivity index (χ0n) is 37.7. The summed E-state index contributed by atoms with van der Waals surface area (Å²) in [4.78, 5) is 0. The Morgan fingerprint density at radius 1 is 0.431 bits per heavy atom. The second-order valence-corrected chi connectivity index (χ2v) is 17.2. The summed E-state index contributed by atoms with van der Waals surface area (Å²) < 4.78 is 1.63. The van der Waals surface area contributed by atoms with Crippen LogP contribution in [0.4, 0.5) is 0 Å². The van der Waals surface area contributed by atoms with Gasteiger partial charge in [-0.25, -0.2) is 4.70 Å². The van der Waals surface area contributed by atoms with Crippen LogP contribution in [0.3, 0.4) is 0 Å². The van der Waals surface area contributed by atoms with Crippen LogP contribution in [0, 0.1) is 0 Å². The molecule has 0 saturated carbocycles. The maximum atomic E-state index is 12.4. The topological polar surface area (TPSA) is 25.3 Å². The average molecular weight is 824 g/mol. The standard InChI is InChI=1S/C41H62N2.2C7H7.Ni/c1-9-17-19-20-21-23-25-39-38(24-22-18-10-2)40(34-26-30(11-3)36(15-7)31(12-4)27-34)43(42)41(39)35-28-32(13-5)37(16-8)33(14-6)29-35;2*1-7-5-3-2-4-6-7;/h26-29H,9-25H2,1-8H3;2*2-6H,1H2;. The van der Waals surface area contributed by atoms with Gasteiger partial charge in [0.25, 0.3) is 0 Å². The van der Waals surface area contributed by atoms with E-state index in [0.717, 1.165) is 73.5 Å². The van der Waals surface area contributed by atoms with Gasteiger partial charge in [0, 0.05) is 22.3 Å². The summed E-state index contributed by atoms with van der Waals surface area (Å²) in [5.41, 5.74) is 31.2. The molecular weight excluding hydrogens is 747 g/mol. The summed E-state index contributed by atoms with van der Waals surface area (Å²) in [7, 11) is 0. The van der Waals surface area contributed by atoms with Crippen molar-refractivity contribution in [2.45, 2.75) is 175 Å². The van der Waals surface area contributed by atoms with E-state index in [4.69, 9.17) is 0 Å². The first-order chi connectivity index (χ1) is 28.4. The summed E-state index contributed by atoms with van der Waals surface area (Å²) in [6.07, 6.45) is 19.6. The number of hydrogen-bond donors (Lipinski definition) is 0. The molecule has 3 heteroatoms. The zero-order chi connectivity index (χ0) is 41.7. The molecule has 0 aromatic heterocycles. The van der Waals surface area contributed by atoms with Gasteiger partial charge in [-0.2, -0.15) is 0 Å². The third-order valence-corrected chi connectivity index (χ3v) is 13.2. The van der Waals surface area contributed by atoms with Gasteiger partial charge in [-0.05, 0) is 122 Å². The Morgan fingerprint density at radius 3 is 1.14 bits per heavy atom. The van der Waals surface area contributed by atoms with Crippen molar-refractivity contribution in [1.82, 2.24) is 0 Å². The molecule has 0 unspecified atom stereocenters. The van der Waals surface area contributed by atoms with Crippen molar-refractivity contribution in [3.8, 4) is 0 Å². The number of nitrogens with zero attached hydrogens (tertiary/aromatic N) is 2. The normalized spacial score (nSPS) is 12.8. The second-order valence-electron chi connectivity index (χ2n) is 16.0. The molecular formula is C55H76N2Ni. The minimum absolute atomic E-state index is 1.02. The van der Waals surface area contributed by atoms with E-state index in [1.165, 1.54) is 125 Å². The van der Waals surface area contributed by atoms with E-state index in [0.29, 0.717) is 0 Å². The van der Waals surface area contributed by atoms with Crippen LogP contribution in [0.5, 0.6) is 0 Å². The molecule has 1 aliphatic rings. The van der Waals surface area contributed by atoms with E-state index in [2.05, 4.69) is 140 Å². The summed E-state index contributed by atoms with van der Waals surface area (Å²) >= 11 is 1.78. The molecule has 0 radical (unpaired) electrons. The van der Waals surface area contributed by atoms with Crippen LogP contribution in [0.15, 0.2) is 96.1 Å². The molecule has 1 heterocycles. The van der Waals surface area contributed by atoms with Crippen molar-refractivity contribution in [3.05, 3.63) is 157 Å². The molecule has 4 aromatic carbocycles. The van der Waals surface area contributed by atoms with Crippen LogP contribution in [0.2, 0.25) is 0 Å². The molecule has 0 N–H and O–H groups in total. The Morgan fingerprint density at radius 2 is 0.776 bits per heavy atom. The van der Waals surface area contributed by atoms with E-state index in [1.807, 2.05) is 0 Å². The van der Waals surface area contributed by atoms with E-state index in [9.17, 15) is 5.53 Å².